The smallest absolute Gasteiger partial charge is 0.0720 e. The van der Waals surface area contributed by atoms with E-state index in [9.17, 15) is 0 Å². The second-order valence-electron chi connectivity index (χ2n) is 6.66. The van der Waals surface area contributed by atoms with Crippen molar-refractivity contribution in [3.63, 3.8) is 0 Å². The average molecular weight is 261 g/mol. The van der Waals surface area contributed by atoms with Crippen LogP contribution in [0.15, 0.2) is 24.3 Å². The molecule has 1 saturated carbocycles. The monoisotopic (exact) mass is 261 g/mol. The van der Waals surface area contributed by atoms with Crippen molar-refractivity contribution in [3.8, 4) is 0 Å². The Hall–Kier alpha value is -0.860. The van der Waals surface area contributed by atoms with Crippen molar-refractivity contribution >= 4 is 0 Å². The van der Waals surface area contributed by atoms with E-state index in [-0.39, 0.29) is 5.54 Å². The Bertz CT molecular complexity index is 390. The van der Waals surface area contributed by atoms with Gasteiger partial charge in [-0.05, 0) is 44.2 Å². The Morgan fingerprint density at radius 3 is 2.47 bits per heavy atom. The first kappa shape index (κ1) is 14.5. The van der Waals surface area contributed by atoms with Crippen LogP contribution in [-0.4, -0.2) is 12.1 Å². The third kappa shape index (κ3) is 5.75. The molecule has 0 aliphatic heterocycles. The summed E-state index contributed by atoms with van der Waals surface area (Å²) in [5.41, 5.74) is 2.82. The Morgan fingerprint density at radius 2 is 1.84 bits per heavy atom. The highest BCUT2D eigenvalue weighted by atomic mass is 16.5. The van der Waals surface area contributed by atoms with Crippen LogP contribution in [0.2, 0.25) is 0 Å². The SMILES string of the molecule is CC(C)(C)NCc1ccccc1COCCC1CC1. The van der Waals surface area contributed by atoms with Crippen molar-refractivity contribution < 1.29 is 4.74 Å². The first-order valence-electron chi connectivity index (χ1n) is 7.44. The number of hydrogen-bond acceptors (Lipinski definition) is 2. The van der Waals surface area contributed by atoms with Crippen molar-refractivity contribution in [3.05, 3.63) is 35.4 Å². The number of rotatable bonds is 7. The number of hydrogen-bond donors (Lipinski definition) is 1. The van der Waals surface area contributed by atoms with E-state index in [1.54, 1.807) is 0 Å². The van der Waals surface area contributed by atoms with Crippen LogP contribution < -0.4 is 5.32 Å². The third-order valence-corrected chi connectivity index (χ3v) is 3.55. The van der Waals surface area contributed by atoms with Crippen LogP contribution in [-0.2, 0) is 17.9 Å². The van der Waals surface area contributed by atoms with Crippen molar-refractivity contribution in [1.29, 1.82) is 0 Å². The lowest BCUT2D eigenvalue weighted by Gasteiger charge is -2.21. The fourth-order valence-corrected chi connectivity index (χ4v) is 2.07. The summed E-state index contributed by atoms with van der Waals surface area (Å²) < 4.78 is 5.82. The molecule has 1 aromatic carbocycles. The van der Waals surface area contributed by atoms with Gasteiger partial charge in [0.15, 0.2) is 0 Å². The van der Waals surface area contributed by atoms with Crippen LogP contribution in [0.25, 0.3) is 0 Å². The fourth-order valence-electron chi connectivity index (χ4n) is 2.07. The highest BCUT2D eigenvalue weighted by molar-refractivity contribution is 5.26. The highest BCUT2D eigenvalue weighted by Gasteiger charge is 2.20. The lowest BCUT2D eigenvalue weighted by Crippen LogP contribution is -2.35. The molecule has 106 valence electrons. The first-order valence-corrected chi connectivity index (χ1v) is 7.44. The van der Waals surface area contributed by atoms with Crippen LogP contribution >= 0.6 is 0 Å². The van der Waals surface area contributed by atoms with Gasteiger partial charge in [0.05, 0.1) is 6.61 Å². The molecule has 0 radical (unpaired) electrons. The molecule has 0 heterocycles. The van der Waals surface area contributed by atoms with E-state index in [0.717, 1.165) is 25.7 Å². The minimum absolute atomic E-state index is 0.153. The van der Waals surface area contributed by atoms with Gasteiger partial charge >= 0.3 is 0 Å². The van der Waals surface area contributed by atoms with Crippen LogP contribution in [0.4, 0.5) is 0 Å². The molecule has 0 aromatic heterocycles. The topological polar surface area (TPSA) is 21.3 Å². The molecule has 1 fully saturated rings. The molecule has 2 rings (SSSR count). The molecular weight excluding hydrogens is 234 g/mol. The minimum atomic E-state index is 0.153. The van der Waals surface area contributed by atoms with Crippen molar-refractivity contribution in [2.24, 2.45) is 5.92 Å². The molecule has 2 nitrogen and oxygen atoms in total. The Labute approximate surface area is 117 Å². The van der Waals surface area contributed by atoms with Crippen LogP contribution in [0, 0.1) is 5.92 Å². The van der Waals surface area contributed by atoms with Gasteiger partial charge in [-0.25, -0.2) is 0 Å². The van der Waals surface area contributed by atoms with Crippen LogP contribution in [0.3, 0.4) is 0 Å². The van der Waals surface area contributed by atoms with Gasteiger partial charge < -0.3 is 10.1 Å². The maximum atomic E-state index is 5.82. The summed E-state index contributed by atoms with van der Waals surface area (Å²) in [5, 5.41) is 3.54. The minimum Gasteiger partial charge on any atom is -0.377 e. The summed E-state index contributed by atoms with van der Waals surface area (Å²) in [6, 6.07) is 8.57. The molecule has 1 aliphatic rings. The van der Waals surface area contributed by atoms with E-state index in [4.69, 9.17) is 4.74 Å². The first-order chi connectivity index (χ1) is 9.04. The molecular formula is C17H27NO. The number of ether oxygens (including phenoxy) is 1. The van der Waals surface area contributed by atoms with Gasteiger partial charge in [0.2, 0.25) is 0 Å². The van der Waals surface area contributed by atoms with Crippen molar-refractivity contribution in [2.45, 2.75) is 58.7 Å². The third-order valence-electron chi connectivity index (χ3n) is 3.55. The number of nitrogens with one attached hydrogen (secondary N) is 1. The molecule has 2 heteroatoms. The zero-order valence-corrected chi connectivity index (χ0v) is 12.5. The van der Waals surface area contributed by atoms with E-state index in [2.05, 4.69) is 50.4 Å². The second-order valence-corrected chi connectivity index (χ2v) is 6.66. The largest absolute Gasteiger partial charge is 0.377 e. The van der Waals surface area contributed by atoms with Crippen LogP contribution in [0.5, 0.6) is 0 Å². The Balaban J connectivity index is 1.80. The Kier molecular flexibility index (Phi) is 5.00. The lowest BCUT2D eigenvalue weighted by atomic mass is 10.1. The van der Waals surface area contributed by atoms with E-state index in [0.29, 0.717) is 0 Å². The molecule has 0 bridgehead atoms. The van der Waals surface area contributed by atoms with Gasteiger partial charge in [0, 0.05) is 18.7 Å². The predicted molar refractivity (Wildman–Crippen MR) is 80.0 cm³/mol. The standard InChI is InChI=1S/C17H27NO/c1-17(2,3)18-12-15-6-4-5-7-16(15)13-19-11-10-14-8-9-14/h4-7,14,18H,8-13H2,1-3H3. The summed E-state index contributed by atoms with van der Waals surface area (Å²) in [6.45, 7) is 9.15. The summed E-state index contributed by atoms with van der Waals surface area (Å²) >= 11 is 0. The van der Waals surface area contributed by atoms with Crippen molar-refractivity contribution in [2.75, 3.05) is 6.61 Å². The zero-order valence-electron chi connectivity index (χ0n) is 12.5. The van der Waals surface area contributed by atoms with Gasteiger partial charge in [-0.1, -0.05) is 37.1 Å². The summed E-state index contributed by atoms with van der Waals surface area (Å²) in [6.07, 6.45) is 4.06. The molecule has 1 N–H and O–H groups in total. The highest BCUT2D eigenvalue weighted by Crippen LogP contribution is 2.32. The van der Waals surface area contributed by atoms with E-state index in [1.165, 1.54) is 30.4 Å². The summed E-state index contributed by atoms with van der Waals surface area (Å²) in [7, 11) is 0. The van der Waals surface area contributed by atoms with E-state index >= 15 is 0 Å². The molecule has 0 atom stereocenters. The van der Waals surface area contributed by atoms with Gasteiger partial charge in [0.25, 0.3) is 0 Å². The number of benzene rings is 1. The van der Waals surface area contributed by atoms with Gasteiger partial charge in [-0.3, -0.25) is 0 Å². The molecule has 0 unspecified atom stereocenters. The predicted octanol–water partition coefficient (Wildman–Crippen LogP) is 3.89. The van der Waals surface area contributed by atoms with E-state index in [1.807, 2.05) is 0 Å². The molecule has 0 spiro atoms. The summed E-state index contributed by atoms with van der Waals surface area (Å²) in [5.74, 6) is 0.956. The average Bonchev–Trinajstić information content (AvgIpc) is 3.16. The van der Waals surface area contributed by atoms with Gasteiger partial charge in [-0.2, -0.15) is 0 Å². The molecule has 1 aromatic rings. The quantitative estimate of drug-likeness (QED) is 0.752. The second kappa shape index (κ2) is 6.53. The lowest BCUT2D eigenvalue weighted by molar-refractivity contribution is 0.114. The fraction of sp³-hybridized carbons (Fsp3) is 0.647. The molecule has 0 saturated heterocycles. The summed E-state index contributed by atoms with van der Waals surface area (Å²) in [4.78, 5) is 0. The van der Waals surface area contributed by atoms with Gasteiger partial charge in [0.1, 0.15) is 0 Å². The zero-order chi connectivity index (χ0) is 13.7. The maximum absolute atomic E-state index is 5.82. The Morgan fingerprint density at radius 1 is 1.16 bits per heavy atom. The van der Waals surface area contributed by atoms with Crippen molar-refractivity contribution in [1.82, 2.24) is 5.32 Å². The van der Waals surface area contributed by atoms with Gasteiger partial charge in [-0.15, -0.1) is 0 Å². The molecule has 0 amide bonds. The van der Waals surface area contributed by atoms with E-state index < -0.39 is 0 Å². The van der Waals surface area contributed by atoms with Crippen LogP contribution in [0.1, 0.15) is 51.2 Å². The maximum Gasteiger partial charge on any atom is 0.0720 e. The molecule has 1 aliphatic carbocycles. The molecule has 19 heavy (non-hydrogen) atoms. The normalized spacial score (nSPS) is 15.7.